The molecule has 0 saturated heterocycles. The standard InChI is InChI=1S/C26H36N2O3/c1-5-24(26(30)27-18-20(2)3)28(19-22-15-13-21(4)14-16-22)25(29)12-9-17-31-23-10-7-6-8-11-23/h6-8,10-11,13-16,20,24H,5,9,12,17-19H2,1-4H3,(H,27,30)/t24-/m0/s1. The molecule has 5 heteroatoms. The van der Waals surface area contributed by atoms with Crippen molar-refractivity contribution in [3.8, 4) is 5.75 Å². The number of nitrogens with one attached hydrogen (secondary N) is 1. The smallest absolute Gasteiger partial charge is 0.242 e. The van der Waals surface area contributed by atoms with E-state index < -0.39 is 6.04 Å². The number of ether oxygens (including phenoxy) is 1. The highest BCUT2D eigenvalue weighted by Gasteiger charge is 2.28. The SMILES string of the molecule is CC[C@@H](C(=O)NCC(C)C)N(Cc1ccc(C)cc1)C(=O)CCCOc1ccccc1. The van der Waals surface area contributed by atoms with Gasteiger partial charge < -0.3 is 15.0 Å². The molecular formula is C26H36N2O3. The Morgan fingerprint density at radius 1 is 1.03 bits per heavy atom. The van der Waals surface area contributed by atoms with Crippen molar-refractivity contribution < 1.29 is 14.3 Å². The summed E-state index contributed by atoms with van der Waals surface area (Å²) in [6, 6.07) is 17.2. The molecule has 5 nitrogen and oxygen atoms in total. The van der Waals surface area contributed by atoms with Gasteiger partial charge in [-0.05, 0) is 43.4 Å². The molecule has 0 aliphatic rings. The summed E-state index contributed by atoms with van der Waals surface area (Å²) in [4.78, 5) is 27.7. The Morgan fingerprint density at radius 3 is 2.32 bits per heavy atom. The molecule has 0 aliphatic heterocycles. The lowest BCUT2D eigenvalue weighted by atomic mass is 10.1. The van der Waals surface area contributed by atoms with Crippen molar-refractivity contribution in [2.75, 3.05) is 13.2 Å². The summed E-state index contributed by atoms with van der Waals surface area (Å²) in [5.41, 5.74) is 2.19. The molecule has 31 heavy (non-hydrogen) atoms. The average Bonchev–Trinajstić information content (AvgIpc) is 2.77. The fourth-order valence-corrected chi connectivity index (χ4v) is 3.31. The molecule has 0 fully saturated rings. The lowest BCUT2D eigenvalue weighted by Gasteiger charge is -2.31. The lowest BCUT2D eigenvalue weighted by molar-refractivity contribution is -0.141. The van der Waals surface area contributed by atoms with Crippen LogP contribution in [0.25, 0.3) is 0 Å². The van der Waals surface area contributed by atoms with Gasteiger partial charge in [0.05, 0.1) is 6.61 Å². The number of hydrogen-bond donors (Lipinski definition) is 1. The molecule has 0 radical (unpaired) electrons. The van der Waals surface area contributed by atoms with E-state index in [0.29, 0.717) is 44.9 Å². The summed E-state index contributed by atoms with van der Waals surface area (Å²) in [5.74, 6) is 1.05. The third-order valence-electron chi connectivity index (χ3n) is 5.09. The predicted molar refractivity (Wildman–Crippen MR) is 125 cm³/mol. The van der Waals surface area contributed by atoms with Crippen LogP contribution in [0.15, 0.2) is 54.6 Å². The Balaban J connectivity index is 2.04. The molecule has 2 amide bonds. The van der Waals surface area contributed by atoms with Crippen LogP contribution in [0.3, 0.4) is 0 Å². The second kappa shape index (κ2) is 12.8. The highest BCUT2D eigenvalue weighted by molar-refractivity contribution is 5.87. The summed E-state index contributed by atoms with van der Waals surface area (Å²) < 4.78 is 5.72. The van der Waals surface area contributed by atoms with Gasteiger partial charge in [-0.2, -0.15) is 0 Å². The second-order valence-electron chi connectivity index (χ2n) is 8.34. The van der Waals surface area contributed by atoms with Crippen molar-refractivity contribution in [3.05, 3.63) is 65.7 Å². The van der Waals surface area contributed by atoms with Crippen LogP contribution in [0.4, 0.5) is 0 Å². The third-order valence-corrected chi connectivity index (χ3v) is 5.09. The van der Waals surface area contributed by atoms with Crippen LogP contribution in [-0.4, -0.2) is 35.9 Å². The molecule has 0 spiro atoms. The number of amides is 2. The number of rotatable bonds is 12. The Hall–Kier alpha value is -2.82. The van der Waals surface area contributed by atoms with Gasteiger partial charge in [0.25, 0.3) is 0 Å². The number of aryl methyl sites for hydroxylation is 1. The lowest BCUT2D eigenvalue weighted by Crippen LogP contribution is -2.49. The highest BCUT2D eigenvalue weighted by Crippen LogP contribution is 2.16. The molecule has 0 aromatic heterocycles. The number of benzene rings is 2. The van der Waals surface area contributed by atoms with Gasteiger partial charge in [0.2, 0.25) is 11.8 Å². The fourth-order valence-electron chi connectivity index (χ4n) is 3.31. The van der Waals surface area contributed by atoms with E-state index in [0.717, 1.165) is 11.3 Å². The van der Waals surface area contributed by atoms with Crippen LogP contribution in [0.2, 0.25) is 0 Å². The maximum Gasteiger partial charge on any atom is 0.242 e. The maximum absolute atomic E-state index is 13.2. The van der Waals surface area contributed by atoms with Crippen LogP contribution in [0.1, 0.15) is 51.2 Å². The molecule has 2 aromatic rings. The zero-order chi connectivity index (χ0) is 22.6. The number of carbonyl (C=O) groups excluding carboxylic acids is 2. The first-order chi connectivity index (χ1) is 14.9. The Morgan fingerprint density at radius 2 is 1.71 bits per heavy atom. The van der Waals surface area contributed by atoms with Gasteiger partial charge in [0.15, 0.2) is 0 Å². The number of hydrogen-bond acceptors (Lipinski definition) is 3. The van der Waals surface area contributed by atoms with Crippen molar-refractivity contribution in [2.24, 2.45) is 5.92 Å². The molecule has 168 valence electrons. The van der Waals surface area contributed by atoms with Crippen LogP contribution in [0.5, 0.6) is 5.75 Å². The zero-order valence-corrected chi connectivity index (χ0v) is 19.3. The van der Waals surface area contributed by atoms with Gasteiger partial charge in [0, 0.05) is 19.5 Å². The first-order valence-electron chi connectivity index (χ1n) is 11.2. The first kappa shape index (κ1) is 24.4. The number of nitrogens with zero attached hydrogens (tertiary/aromatic N) is 1. The van der Waals surface area contributed by atoms with Gasteiger partial charge in [-0.25, -0.2) is 0 Å². The summed E-state index contributed by atoms with van der Waals surface area (Å²) in [5, 5.41) is 2.99. The van der Waals surface area contributed by atoms with E-state index in [1.54, 1.807) is 4.90 Å². The molecule has 0 aliphatic carbocycles. The quantitative estimate of drug-likeness (QED) is 0.501. The topological polar surface area (TPSA) is 58.6 Å². The number of carbonyl (C=O) groups is 2. The molecule has 0 saturated carbocycles. The van der Waals surface area contributed by atoms with Gasteiger partial charge in [-0.3, -0.25) is 9.59 Å². The normalized spacial score (nSPS) is 11.8. The Bertz CT molecular complexity index is 803. The summed E-state index contributed by atoms with van der Waals surface area (Å²) in [7, 11) is 0. The summed E-state index contributed by atoms with van der Waals surface area (Å²) in [6.45, 7) is 9.59. The van der Waals surface area contributed by atoms with Crippen LogP contribution >= 0.6 is 0 Å². The predicted octanol–water partition coefficient (Wildman–Crippen LogP) is 4.73. The Kier molecular flexibility index (Phi) is 10.1. The molecule has 1 atom stereocenters. The fraction of sp³-hybridized carbons (Fsp3) is 0.462. The van der Waals surface area contributed by atoms with Crippen molar-refractivity contribution in [2.45, 2.75) is 59.5 Å². The van der Waals surface area contributed by atoms with Crippen LogP contribution in [-0.2, 0) is 16.1 Å². The van der Waals surface area contributed by atoms with Gasteiger partial charge >= 0.3 is 0 Å². The minimum atomic E-state index is -0.484. The average molecular weight is 425 g/mol. The van der Waals surface area contributed by atoms with Crippen molar-refractivity contribution in [1.82, 2.24) is 10.2 Å². The van der Waals surface area contributed by atoms with E-state index in [-0.39, 0.29) is 11.8 Å². The maximum atomic E-state index is 13.2. The molecule has 2 rings (SSSR count). The van der Waals surface area contributed by atoms with Crippen LogP contribution < -0.4 is 10.1 Å². The third kappa shape index (κ3) is 8.44. The summed E-state index contributed by atoms with van der Waals surface area (Å²) >= 11 is 0. The second-order valence-corrected chi connectivity index (χ2v) is 8.34. The van der Waals surface area contributed by atoms with E-state index >= 15 is 0 Å². The first-order valence-corrected chi connectivity index (χ1v) is 11.2. The van der Waals surface area contributed by atoms with E-state index in [1.165, 1.54) is 5.56 Å². The van der Waals surface area contributed by atoms with Crippen LogP contribution in [0, 0.1) is 12.8 Å². The molecule has 0 bridgehead atoms. The minimum Gasteiger partial charge on any atom is -0.494 e. The molecular weight excluding hydrogens is 388 g/mol. The highest BCUT2D eigenvalue weighted by atomic mass is 16.5. The largest absolute Gasteiger partial charge is 0.494 e. The Labute approximate surface area is 186 Å². The van der Waals surface area contributed by atoms with E-state index in [1.807, 2.05) is 68.4 Å². The van der Waals surface area contributed by atoms with Crippen molar-refractivity contribution in [3.63, 3.8) is 0 Å². The van der Waals surface area contributed by atoms with Crippen molar-refractivity contribution in [1.29, 1.82) is 0 Å². The van der Waals surface area contributed by atoms with Crippen molar-refractivity contribution >= 4 is 11.8 Å². The van der Waals surface area contributed by atoms with E-state index in [4.69, 9.17) is 4.74 Å². The number of para-hydroxylation sites is 1. The molecule has 0 heterocycles. The van der Waals surface area contributed by atoms with E-state index in [9.17, 15) is 9.59 Å². The molecule has 2 aromatic carbocycles. The van der Waals surface area contributed by atoms with Gasteiger partial charge in [-0.1, -0.05) is 68.8 Å². The van der Waals surface area contributed by atoms with Gasteiger partial charge in [-0.15, -0.1) is 0 Å². The molecule has 0 unspecified atom stereocenters. The monoisotopic (exact) mass is 424 g/mol. The minimum absolute atomic E-state index is 0.0243. The van der Waals surface area contributed by atoms with Gasteiger partial charge in [0.1, 0.15) is 11.8 Å². The van der Waals surface area contributed by atoms with E-state index in [2.05, 4.69) is 19.2 Å². The summed E-state index contributed by atoms with van der Waals surface area (Å²) in [6.07, 6.45) is 1.51. The molecule has 1 N–H and O–H groups in total. The zero-order valence-electron chi connectivity index (χ0n) is 19.3.